The number of aromatic nitrogens is 1. The number of likely N-dealkylation sites (tertiary alicyclic amines) is 1. The van der Waals surface area contributed by atoms with Crippen LogP contribution in [0.15, 0.2) is 63.9 Å². The number of para-hydroxylation sites is 1. The zero-order valence-electron chi connectivity index (χ0n) is 13.0. The number of pyridine rings is 1. The molecule has 2 aromatic heterocycles. The van der Waals surface area contributed by atoms with Crippen LogP contribution in [0.5, 0.6) is 0 Å². The van der Waals surface area contributed by atoms with Crippen LogP contribution < -0.4 is 5.43 Å². The molecule has 1 aliphatic rings. The van der Waals surface area contributed by atoms with Crippen LogP contribution >= 0.6 is 0 Å². The van der Waals surface area contributed by atoms with E-state index in [0.29, 0.717) is 17.5 Å². The maximum absolute atomic E-state index is 12.9. The molecule has 5 heteroatoms. The largest absolute Gasteiger partial charge is 0.451 e. The number of rotatable bonds is 2. The fourth-order valence-electron chi connectivity index (χ4n) is 3.24. The maximum Gasteiger partial charge on any atom is 0.290 e. The highest BCUT2D eigenvalue weighted by atomic mass is 16.3. The van der Waals surface area contributed by atoms with E-state index in [4.69, 9.17) is 4.42 Å². The summed E-state index contributed by atoms with van der Waals surface area (Å²) in [6.07, 6.45) is 3.50. The van der Waals surface area contributed by atoms with Crippen LogP contribution in [0.2, 0.25) is 0 Å². The molecule has 24 heavy (non-hydrogen) atoms. The molecular weight excluding hydrogens is 304 g/mol. The maximum atomic E-state index is 12.9. The Balaban J connectivity index is 1.72. The van der Waals surface area contributed by atoms with Gasteiger partial charge in [-0.1, -0.05) is 18.2 Å². The van der Waals surface area contributed by atoms with Crippen molar-refractivity contribution in [2.24, 2.45) is 0 Å². The normalized spacial score (nSPS) is 17.3. The van der Waals surface area contributed by atoms with Crippen LogP contribution in [0.3, 0.4) is 0 Å². The predicted molar refractivity (Wildman–Crippen MR) is 89.7 cm³/mol. The Kier molecular flexibility index (Phi) is 3.61. The van der Waals surface area contributed by atoms with Crippen molar-refractivity contribution < 1.29 is 9.21 Å². The fraction of sp³-hybridized carbons (Fsp3) is 0.211. The minimum Gasteiger partial charge on any atom is -0.451 e. The van der Waals surface area contributed by atoms with E-state index < -0.39 is 0 Å². The van der Waals surface area contributed by atoms with E-state index in [-0.39, 0.29) is 23.1 Å². The summed E-state index contributed by atoms with van der Waals surface area (Å²) in [6.45, 7) is 0.636. The van der Waals surface area contributed by atoms with E-state index in [1.807, 2.05) is 18.2 Å². The summed E-state index contributed by atoms with van der Waals surface area (Å²) < 4.78 is 5.69. The van der Waals surface area contributed by atoms with Crippen molar-refractivity contribution >= 4 is 16.9 Å². The summed E-state index contributed by atoms with van der Waals surface area (Å²) in [6, 6.07) is 13.9. The summed E-state index contributed by atoms with van der Waals surface area (Å²) >= 11 is 0. The molecule has 4 rings (SSSR count). The summed E-state index contributed by atoms with van der Waals surface area (Å²) in [5.41, 5.74) is 1.10. The molecule has 0 N–H and O–H groups in total. The first kappa shape index (κ1) is 14.6. The predicted octanol–water partition coefficient (Wildman–Crippen LogP) is 3.17. The van der Waals surface area contributed by atoms with Gasteiger partial charge >= 0.3 is 0 Å². The lowest BCUT2D eigenvalue weighted by Gasteiger charge is -2.23. The van der Waals surface area contributed by atoms with Gasteiger partial charge in [-0.05, 0) is 37.1 Å². The zero-order chi connectivity index (χ0) is 16.5. The second kappa shape index (κ2) is 5.92. The van der Waals surface area contributed by atoms with Crippen molar-refractivity contribution in [3.8, 4) is 0 Å². The van der Waals surface area contributed by atoms with Crippen LogP contribution in [0.1, 0.15) is 35.1 Å². The van der Waals surface area contributed by atoms with Gasteiger partial charge in [-0.25, -0.2) is 0 Å². The van der Waals surface area contributed by atoms with Gasteiger partial charge in [-0.15, -0.1) is 0 Å². The lowest BCUT2D eigenvalue weighted by Crippen LogP contribution is -2.31. The Hall–Kier alpha value is -2.95. The van der Waals surface area contributed by atoms with Crippen LogP contribution in [0.25, 0.3) is 11.0 Å². The van der Waals surface area contributed by atoms with Gasteiger partial charge in [0, 0.05) is 18.8 Å². The number of carbonyl (C=O) groups excluding carboxylic acids is 1. The highest BCUT2D eigenvalue weighted by Crippen LogP contribution is 2.32. The highest BCUT2D eigenvalue weighted by molar-refractivity contribution is 5.93. The smallest absolute Gasteiger partial charge is 0.290 e. The second-order valence-electron chi connectivity index (χ2n) is 5.88. The molecule has 1 fully saturated rings. The first-order valence-electron chi connectivity index (χ1n) is 7.99. The molecule has 0 spiro atoms. The summed E-state index contributed by atoms with van der Waals surface area (Å²) in [5, 5.41) is 0.483. The quantitative estimate of drug-likeness (QED) is 0.727. The average Bonchev–Trinajstić information content (AvgIpc) is 3.11. The molecular formula is C19H16N2O3. The Morgan fingerprint density at radius 2 is 2.00 bits per heavy atom. The van der Waals surface area contributed by atoms with Crippen molar-refractivity contribution in [2.45, 2.75) is 18.9 Å². The Labute approximate surface area is 138 Å². The van der Waals surface area contributed by atoms with Gasteiger partial charge in [0.1, 0.15) is 5.58 Å². The molecule has 0 radical (unpaired) electrons. The molecule has 1 amide bonds. The van der Waals surface area contributed by atoms with E-state index in [2.05, 4.69) is 4.98 Å². The van der Waals surface area contributed by atoms with Gasteiger partial charge < -0.3 is 9.32 Å². The number of fused-ring (bicyclic) bond motifs is 1. The SMILES string of the molecule is O=C(c1cc(=O)c2ccccc2o1)N1CCC[C@H]1c1ccccn1. The van der Waals surface area contributed by atoms with Gasteiger partial charge in [0.05, 0.1) is 17.1 Å². The number of benzene rings is 1. The van der Waals surface area contributed by atoms with Crippen molar-refractivity contribution in [2.75, 3.05) is 6.54 Å². The third-order valence-electron chi connectivity index (χ3n) is 4.39. The van der Waals surface area contributed by atoms with E-state index in [1.54, 1.807) is 35.4 Å². The molecule has 0 saturated carbocycles. The topological polar surface area (TPSA) is 63.4 Å². The van der Waals surface area contributed by atoms with E-state index in [9.17, 15) is 9.59 Å². The molecule has 1 atom stereocenters. The number of nitrogens with zero attached hydrogens (tertiary/aromatic N) is 2. The lowest BCUT2D eigenvalue weighted by molar-refractivity contribution is 0.0701. The minimum absolute atomic E-state index is 0.0736. The van der Waals surface area contributed by atoms with Crippen LogP contribution in [-0.4, -0.2) is 22.3 Å². The van der Waals surface area contributed by atoms with Crippen LogP contribution in [0, 0.1) is 0 Å². The van der Waals surface area contributed by atoms with Crippen molar-refractivity contribution in [1.82, 2.24) is 9.88 Å². The van der Waals surface area contributed by atoms with E-state index >= 15 is 0 Å². The fourth-order valence-corrected chi connectivity index (χ4v) is 3.24. The highest BCUT2D eigenvalue weighted by Gasteiger charge is 2.32. The van der Waals surface area contributed by atoms with E-state index in [1.165, 1.54) is 6.07 Å². The Bertz CT molecular complexity index is 949. The number of hydrogen-bond acceptors (Lipinski definition) is 4. The van der Waals surface area contributed by atoms with Crippen molar-refractivity contribution in [3.05, 3.63) is 76.4 Å². The molecule has 3 heterocycles. The number of amides is 1. The average molecular weight is 320 g/mol. The molecule has 120 valence electrons. The standard InChI is InChI=1S/C19H16N2O3/c22-16-12-18(24-17-9-2-1-6-13(16)17)19(23)21-11-5-8-15(21)14-7-3-4-10-20-14/h1-4,6-7,9-10,12,15H,5,8,11H2/t15-/m0/s1. The summed E-state index contributed by atoms with van der Waals surface area (Å²) in [5.74, 6) is -0.174. The first-order valence-corrected chi connectivity index (χ1v) is 7.99. The van der Waals surface area contributed by atoms with Crippen molar-refractivity contribution in [3.63, 3.8) is 0 Å². The van der Waals surface area contributed by atoms with Crippen LogP contribution in [0.4, 0.5) is 0 Å². The van der Waals surface area contributed by atoms with Crippen LogP contribution in [-0.2, 0) is 0 Å². The number of carbonyl (C=O) groups is 1. The zero-order valence-corrected chi connectivity index (χ0v) is 13.0. The first-order chi connectivity index (χ1) is 11.7. The minimum atomic E-state index is -0.258. The lowest BCUT2D eigenvalue weighted by atomic mass is 10.1. The third-order valence-corrected chi connectivity index (χ3v) is 4.39. The molecule has 0 unspecified atom stereocenters. The third kappa shape index (κ3) is 2.48. The number of hydrogen-bond donors (Lipinski definition) is 0. The molecule has 0 bridgehead atoms. The monoisotopic (exact) mass is 320 g/mol. The van der Waals surface area contributed by atoms with E-state index in [0.717, 1.165) is 18.5 Å². The molecule has 1 saturated heterocycles. The van der Waals surface area contributed by atoms with Gasteiger partial charge in [-0.3, -0.25) is 14.6 Å². The molecule has 5 nitrogen and oxygen atoms in total. The van der Waals surface area contributed by atoms with Gasteiger partial charge in [0.15, 0.2) is 11.2 Å². The van der Waals surface area contributed by atoms with Crippen molar-refractivity contribution in [1.29, 1.82) is 0 Å². The molecule has 0 aliphatic carbocycles. The van der Waals surface area contributed by atoms with Gasteiger partial charge in [0.25, 0.3) is 5.91 Å². The Morgan fingerprint density at radius 3 is 2.83 bits per heavy atom. The van der Waals surface area contributed by atoms with Gasteiger partial charge in [-0.2, -0.15) is 0 Å². The molecule has 1 aromatic carbocycles. The summed E-state index contributed by atoms with van der Waals surface area (Å²) in [4.78, 5) is 31.2. The summed E-state index contributed by atoms with van der Waals surface area (Å²) in [7, 11) is 0. The van der Waals surface area contributed by atoms with Gasteiger partial charge in [0.2, 0.25) is 0 Å². The Morgan fingerprint density at radius 1 is 1.17 bits per heavy atom. The second-order valence-corrected chi connectivity index (χ2v) is 5.88. The molecule has 3 aromatic rings. The molecule has 1 aliphatic heterocycles.